The minimum Gasteiger partial charge on any atom is -0.489 e. The maximum atomic E-state index is 11.8. The van der Waals surface area contributed by atoms with Gasteiger partial charge in [0.2, 0.25) is 5.60 Å². The molecule has 3 aromatic carbocycles. The lowest BCUT2D eigenvalue weighted by Crippen LogP contribution is -2.43. The average Bonchev–Trinajstić information content (AvgIpc) is 2.70. The first-order chi connectivity index (χ1) is 13.4. The van der Waals surface area contributed by atoms with Gasteiger partial charge in [-0.3, -0.25) is 0 Å². The zero-order valence-corrected chi connectivity index (χ0v) is 16.2. The van der Waals surface area contributed by atoms with Crippen LogP contribution in [0, 0.1) is 0 Å². The quantitative estimate of drug-likeness (QED) is 0.555. The summed E-state index contributed by atoms with van der Waals surface area (Å²) in [5, 5.41) is 10.3. The minimum absolute atomic E-state index is 0.212. The predicted octanol–water partition coefficient (Wildman–Crippen LogP) is 5.38. The molecular weight excluding hydrogens is 376 g/mol. The minimum atomic E-state index is -1.40. The highest BCUT2D eigenvalue weighted by Crippen LogP contribution is 2.25. The van der Waals surface area contributed by atoms with Crippen LogP contribution in [0.3, 0.4) is 0 Å². The second kappa shape index (κ2) is 8.81. The normalized spacial score (nSPS) is 12.8. The number of aliphatic carboxylic acids is 1. The van der Waals surface area contributed by atoms with Gasteiger partial charge in [0.25, 0.3) is 0 Å². The highest BCUT2D eigenvalue weighted by molar-refractivity contribution is 6.30. The predicted molar refractivity (Wildman–Crippen MR) is 109 cm³/mol. The van der Waals surface area contributed by atoms with Gasteiger partial charge in [-0.2, -0.15) is 0 Å². The molecule has 0 aliphatic heterocycles. The highest BCUT2D eigenvalue weighted by atomic mass is 35.5. The molecule has 0 saturated carbocycles. The Hall–Kier alpha value is -2.98. The third-order valence-electron chi connectivity index (χ3n) is 4.32. The van der Waals surface area contributed by atoms with Crippen LogP contribution in [0.2, 0.25) is 5.02 Å². The van der Waals surface area contributed by atoms with Gasteiger partial charge in [-0.15, -0.1) is 0 Å². The number of benzene rings is 3. The largest absolute Gasteiger partial charge is 0.489 e. The Morgan fingerprint density at radius 2 is 1.50 bits per heavy atom. The average molecular weight is 397 g/mol. The zero-order chi connectivity index (χ0) is 20.0. The molecule has 0 aromatic heterocycles. The summed E-state index contributed by atoms with van der Waals surface area (Å²) in [6.07, 6.45) is 0.212. The van der Waals surface area contributed by atoms with Crippen molar-refractivity contribution in [1.29, 1.82) is 0 Å². The van der Waals surface area contributed by atoms with Crippen LogP contribution in [0.5, 0.6) is 11.5 Å². The molecule has 0 aliphatic rings. The van der Waals surface area contributed by atoms with E-state index in [4.69, 9.17) is 21.1 Å². The standard InChI is InChI=1S/C23H21ClO4/c1-23(22(25)26,28-21-13-9-19(24)10-14-21)15-17-7-11-20(12-8-17)27-16-18-5-3-2-4-6-18/h2-14H,15-16H2,1H3,(H,25,26). The van der Waals surface area contributed by atoms with Crippen LogP contribution in [0.1, 0.15) is 18.1 Å². The monoisotopic (exact) mass is 396 g/mol. The molecule has 0 spiro atoms. The van der Waals surface area contributed by atoms with Crippen LogP contribution >= 0.6 is 11.6 Å². The summed E-state index contributed by atoms with van der Waals surface area (Å²) in [5.41, 5.74) is 0.521. The van der Waals surface area contributed by atoms with E-state index in [1.54, 1.807) is 31.2 Å². The molecule has 5 heteroatoms. The molecule has 28 heavy (non-hydrogen) atoms. The van der Waals surface area contributed by atoms with E-state index < -0.39 is 11.6 Å². The van der Waals surface area contributed by atoms with Crippen molar-refractivity contribution < 1.29 is 19.4 Å². The summed E-state index contributed by atoms with van der Waals surface area (Å²) in [7, 11) is 0. The molecule has 3 rings (SSSR count). The Labute approximate surface area is 169 Å². The molecule has 0 bridgehead atoms. The number of hydrogen-bond acceptors (Lipinski definition) is 3. The van der Waals surface area contributed by atoms with Gasteiger partial charge < -0.3 is 14.6 Å². The van der Waals surface area contributed by atoms with Crippen molar-refractivity contribution >= 4 is 17.6 Å². The van der Waals surface area contributed by atoms with E-state index in [0.717, 1.165) is 16.9 Å². The van der Waals surface area contributed by atoms with Crippen LogP contribution in [0.15, 0.2) is 78.9 Å². The van der Waals surface area contributed by atoms with E-state index in [9.17, 15) is 9.90 Å². The van der Waals surface area contributed by atoms with E-state index in [0.29, 0.717) is 17.4 Å². The zero-order valence-electron chi connectivity index (χ0n) is 15.5. The first kappa shape index (κ1) is 19.8. The molecule has 1 unspecified atom stereocenters. The molecule has 0 aliphatic carbocycles. The number of hydrogen-bond donors (Lipinski definition) is 1. The lowest BCUT2D eigenvalue weighted by Gasteiger charge is -2.26. The molecule has 0 amide bonds. The van der Waals surface area contributed by atoms with E-state index in [1.165, 1.54) is 0 Å². The second-order valence-electron chi connectivity index (χ2n) is 6.69. The topological polar surface area (TPSA) is 55.8 Å². The summed E-state index contributed by atoms with van der Waals surface area (Å²) in [4.78, 5) is 11.8. The third kappa shape index (κ3) is 5.27. The third-order valence-corrected chi connectivity index (χ3v) is 4.57. The fourth-order valence-corrected chi connectivity index (χ4v) is 2.88. The molecule has 0 radical (unpaired) electrons. The summed E-state index contributed by atoms with van der Waals surface area (Å²) < 4.78 is 11.5. The number of carboxylic acid groups (broad SMARTS) is 1. The number of ether oxygens (including phenoxy) is 2. The van der Waals surface area contributed by atoms with E-state index in [1.807, 2.05) is 54.6 Å². The SMILES string of the molecule is CC(Cc1ccc(OCc2ccccc2)cc1)(Oc1ccc(Cl)cc1)C(=O)O. The van der Waals surface area contributed by atoms with Crippen LogP contribution in [0.4, 0.5) is 0 Å². The summed E-state index contributed by atoms with van der Waals surface area (Å²) >= 11 is 5.87. The Bertz CT molecular complexity index is 908. The van der Waals surface area contributed by atoms with Crippen molar-refractivity contribution in [1.82, 2.24) is 0 Å². The fraction of sp³-hybridized carbons (Fsp3) is 0.174. The molecule has 1 atom stereocenters. The van der Waals surface area contributed by atoms with Gasteiger partial charge in [0, 0.05) is 11.4 Å². The molecule has 144 valence electrons. The van der Waals surface area contributed by atoms with Crippen LogP contribution < -0.4 is 9.47 Å². The Morgan fingerprint density at radius 3 is 2.11 bits per heavy atom. The van der Waals surface area contributed by atoms with Gasteiger partial charge in [0.05, 0.1) is 0 Å². The Balaban J connectivity index is 1.66. The van der Waals surface area contributed by atoms with Crippen molar-refractivity contribution in [3.63, 3.8) is 0 Å². The summed E-state index contributed by atoms with van der Waals surface area (Å²) in [6, 6.07) is 23.9. The maximum absolute atomic E-state index is 11.8. The number of halogens is 1. The molecule has 3 aromatic rings. The second-order valence-corrected chi connectivity index (χ2v) is 7.12. The van der Waals surface area contributed by atoms with Crippen molar-refractivity contribution in [2.24, 2.45) is 0 Å². The van der Waals surface area contributed by atoms with Gasteiger partial charge >= 0.3 is 5.97 Å². The molecule has 0 fully saturated rings. The highest BCUT2D eigenvalue weighted by Gasteiger charge is 2.36. The van der Waals surface area contributed by atoms with E-state index >= 15 is 0 Å². The first-order valence-corrected chi connectivity index (χ1v) is 9.26. The smallest absolute Gasteiger partial charge is 0.348 e. The first-order valence-electron chi connectivity index (χ1n) is 8.88. The van der Waals surface area contributed by atoms with Crippen LogP contribution in [0.25, 0.3) is 0 Å². The lowest BCUT2D eigenvalue weighted by atomic mass is 9.96. The van der Waals surface area contributed by atoms with Crippen molar-refractivity contribution in [3.05, 3.63) is 95.0 Å². The summed E-state index contributed by atoms with van der Waals surface area (Å²) in [6.45, 7) is 2.04. The Kier molecular flexibility index (Phi) is 6.22. The van der Waals surface area contributed by atoms with Crippen molar-refractivity contribution in [3.8, 4) is 11.5 Å². The number of rotatable bonds is 8. The lowest BCUT2D eigenvalue weighted by molar-refractivity contribution is -0.153. The molecule has 1 N–H and O–H groups in total. The van der Waals surface area contributed by atoms with Crippen molar-refractivity contribution in [2.45, 2.75) is 25.6 Å². The van der Waals surface area contributed by atoms with E-state index in [2.05, 4.69) is 0 Å². The Morgan fingerprint density at radius 1 is 0.893 bits per heavy atom. The van der Waals surface area contributed by atoms with Gasteiger partial charge in [-0.1, -0.05) is 54.1 Å². The number of carbonyl (C=O) groups is 1. The number of carboxylic acids is 1. The van der Waals surface area contributed by atoms with Crippen molar-refractivity contribution in [2.75, 3.05) is 0 Å². The fourth-order valence-electron chi connectivity index (χ4n) is 2.75. The molecule has 0 saturated heterocycles. The van der Waals surface area contributed by atoms with Gasteiger partial charge in [0.15, 0.2) is 0 Å². The molecular formula is C23H21ClO4. The maximum Gasteiger partial charge on any atom is 0.348 e. The van der Waals surface area contributed by atoms with E-state index in [-0.39, 0.29) is 6.42 Å². The van der Waals surface area contributed by atoms with Gasteiger partial charge in [0.1, 0.15) is 18.1 Å². The van der Waals surface area contributed by atoms with Gasteiger partial charge in [-0.25, -0.2) is 4.79 Å². The van der Waals surface area contributed by atoms with Crippen LogP contribution in [-0.4, -0.2) is 16.7 Å². The molecule has 0 heterocycles. The van der Waals surface area contributed by atoms with Gasteiger partial charge in [-0.05, 0) is 54.4 Å². The summed E-state index contributed by atoms with van der Waals surface area (Å²) in [5.74, 6) is 0.146. The van der Waals surface area contributed by atoms with Crippen LogP contribution in [-0.2, 0) is 17.8 Å². The molecule has 4 nitrogen and oxygen atoms in total.